The molecule has 27 heavy (non-hydrogen) atoms. The van der Waals surface area contributed by atoms with Crippen LogP contribution in [-0.2, 0) is 14.1 Å². The monoisotopic (exact) mass is 394 g/mol. The van der Waals surface area contributed by atoms with Gasteiger partial charge in [-0.1, -0.05) is 11.6 Å². The maximum Gasteiger partial charge on any atom is 0.332 e. The van der Waals surface area contributed by atoms with Crippen LogP contribution in [0.5, 0.6) is 5.75 Å². The van der Waals surface area contributed by atoms with Gasteiger partial charge < -0.3 is 10.5 Å². The number of carbonyl (C=O) groups excluding carboxylic acids is 1. The lowest BCUT2D eigenvalue weighted by Gasteiger charge is -2.24. The van der Waals surface area contributed by atoms with Crippen molar-refractivity contribution in [3.05, 3.63) is 55.7 Å². The van der Waals surface area contributed by atoms with Crippen molar-refractivity contribution in [2.75, 3.05) is 25.9 Å². The number of benzene rings is 1. The third-order valence-corrected chi connectivity index (χ3v) is 4.78. The molecule has 146 valence electrons. The molecule has 1 aromatic carbocycles. The van der Waals surface area contributed by atoms with Crippen LogP contribution in [0.25, 0.3) is 0 Å². The lowest BCUT2D eigenvalue weighted by atomic mass is 10.1. The standard InChI is InChI=1S/C18H23ClN4O4/c1-11(21(2)9-10-27-13-7-5-12(19)6-8-13)15(24)14-16(20)22(3)18(26)23(4)17(14)25/h5-8,11H,9-10,20H2,1-4H3. The fourth-order valence-corrected chi connectivity index (χ4v) is 2.66. The molecule has 0 fully saturated rings. The first kappa shape index (κ1) is 20.7. The number of aromatic nitrogens is 2. The normalized spacial score (nSPS) is 12.2. The molecule has 0 spiro atoms. The van der Waals surface area contributed by atoms with Gasteiger partial charge in [-0.15, -0.1) is 0 Å². The summed E-state index contributed by atoms with van der Waals surface area (Å²) in [6, 6.07) is 6.35. The second kappa shape index (κ2) is 8.41. The van der Waals surface area contributed by atoms with Gasteiger partial charge in [-0.25, -0.2) is 4.79 Å². The molecular weight excluding hydrogens is 372 g/mol. The summed E-state index contributed by atoms with van der Waals surface area (Å²) in [4.78, 5) is 38.8. The van der Waals surface area contributed by atoms with Crippen molar-refractivity contribution in [3.63, 3.8) is 0 Å². The highest BCUT2D eigenvalue weighted by molar-refractivity contribution is 6.30. The predicted octanol–water partition coefficient (Wildman–Crippen LogP) is 0.902. The van der Waals surface area contributed by atoms with Crippen molar-refractivity contribution in [3.8, 4) is 5.75 Å². The van der Waals surface area contributed by atoms with Gasteiger partial charge in [0.2, 0.25) is 0 Å². The summed E-state index contributed by atoms with van der Waals surface area (Å²) in [7, 11) is 4.48. The Morgan fingerprint density at radius 1 is 1.22 bits per heavy atom. The van der Waals surface area contributed by atoms with E-state index < -0.39 is 23.1 Å². The number of carbonyl (C=O) groups is 1. The highest BCUT2D eigenvalue weighted by Gasteiger charge is 2.26. The zero-order valence-electron chi connectivity index (χ0n) is 15.7. The number of ketones is 1. The fraction of sp³-hybridized carbons (Fsp3) is 0.389. The van der Waals surface area contributed by atoms with Crippen LogP contribution in [0.1, 0.15) is 17.3 Å². The van der Waals surface area contributed by atoms with E-state index in [2.05, 4.69) is 0 Å². The van der Waals surface area contributed by atoms with Crippen molar-refractivity contribution in [1.82, 2.24) is 14.0 Å². The van der Waals surface area contributed by atoms with Crippen molar-refractivity contribution < 1.29 is 9.53 Å². The van der Waals surface area contributed by atoms with E-state index in [1.165, 1.54) is 14.1 Å². The number of rotatable bonds is 7. The van der Waals surface area contributed by atoms with Gasteiger partial charge in [-0.2, -0.15) is 0 Å². The zero-order valence-corrected chi connectivity index (χ0v) is 16.5. The second-order valence-corrected chi connectivity index (χ2v) is 6.73. The van der Waals surface area contributed by atoms with Gasteiger partial charge in [-0.3, -0.25) is 23.6 Å². The lowest BCUT2D eigenvalue weighted by molar-refractivity contribution is 0.0851. The van der Waals surface area contributed by atoms with Gasteiger partial charge in [-0.05, 0) is 38.2 Å². The van der Waals surface area contributed by atoms with Gasteiger partial charge in [0.25, 0.3) is 5.56 Å². The fourth-order valence-electron chi connectivity index (χ4n) is 2.53. The largest absolute Gasteiger partial charge is 0.492 e. The molecule has 0 radical (unpaired) electrons. The van der Waals surface area contributed by atoms with Crippen LogP contribution in [0, 0.1) is 0 Å². The van der Waals surface area contributed by atoms with Crippen molar-refractivity contribution >= 4 is 23.2 Å². The molecule has 2 rings (SSSR count). The number of nitrogen functional groups attached to an aromatic ring is 1. The second-order valence-electron chi connectivity index (χ2n) is 6.29. The van der Waals surface area contributed by atoms with E-state index in [1.807, 2.05) is 0 Å². The van der Waals surface area contributed by atoms with Gasteiger partial charge in [0.05, 0.1) is 6.04 Å². The zero-order chi connectivity index (χ0) is 20.3. The van der Waals surface area contributed by atoms with Gasteiger partial charge >= 0.3 is 5.69 Å². The summed E-state index contributed by atoms with van der Waals surface area (Å²) in [5.41, 5.74) is 4.40. The van der Waals surface area contributed by atoms with E-state index in [1.54, 1.807) is 43.1 Å². The topological polar surface area (TPSA) is 99.6 Å². The summed E-state index contributed by atoms with van der Waals surface area (Å²) in [5.74, 6) is 0.0893. The first-order chi connectivity index (χ1) is 12.6. The van der Waals surface area contributed by atoms with Gasteiger partial charge in [0.15, 0.2) is 5.78 Å². The number of Topliss-reactive ketones (excluding diaryl/α,β-unsaturated/α-hetero) is 1. The van der Waals surface area contributed by atoms with E-state index >= 15 is 0 Å². The van der Waals surface area contributed by atoms with Crippen LogP contribution in [0.4, 0.5) is 5.82 Å². The van der Waals surface area contributed by atoms with Crippen LogP contribution in [0.2, 0.25) is 5.02 Å². The van der Waals surface area contributed by atoms with Crippen LogP contribution in [-0.4, -0.2) is 46.1 Å². The van der Waals surface area contributed by atoms with Gasteiger partial charge in [0, 0.05) is 25.7 Å². The van der Waals surface area contributed by atoms with Crippen molar-refractivity contribution in [1.29, 1.82) is 0 Å². The molecule has 2 N–H and O–H groups in total. The third kappa shape index (κ3) is 4.40. The highest BCUT2D eigenvalue weighted by atomic mass is 35.5. The van der Waals surface area contributed by atoms with E-state index in [4.69, 9.17) is 22.1 Å². The number of halogens is 1. The minimum absolute atomic E-state index is 0.134. The maximum atomic E-state index is 12.8. The molecule has 0 saturated carbocycles. The average molecular weight is 395 g/mol. The van der Waals surface area contributed by atoms with Crippen molar-refractivity contribution in [2.24, 2.45) is 14.1 Å². The minimum atomic E-state index is -0.696. The Labute approximate surface area is 161 Å². The Hall–Kier alpha value is -2.58. The smallest absolute Gasteiger partial charge is 0.332 e. The molecular formula is C18H23ClN4O4. The number of hydrogen-bond donors (Lipinski definition) is 1. The Morgan fingerprint density at radius 2 is 1.81 bits per heavy atom. The quantitative estimate of drug-likeness (QED) is 0.700. The lowest BCUT2D eigenvalue weighted by Crippen LogP contribution is -2.46. The molecule has 0 aliphatic rings. The molecule has 2 aromatic rings. The Balaban J connectivity index is 2.09. The number of likely N-dealkylation sites (N-methyl/N-ethyl adjacent to an activating group) is 1. The number of nitrogens with two attached hydrogens (primary N) is 1. The molecule has 8 nitrogen and oxygen atoms in total. The molecule has 1 atom stereocenters. The highest BCUT2D eigenvalue weighted by Crippen LogP contribution is 2.15. The van der Waals surface area contributed by atoms with E-state index in [9.17, 15) is 14.4 Å². The molecule has 1 aromatic heterocycles. The van der Waals surface area contributed by atoms with Crippen LogP contribution in [0.15, 0.2) is 33.9 Å². The summed E-state index contributed by atoms with van der Waals surface area (Å²) in [6.07, 6.45) is 0. The van der Waals surface area contributed by atoms with Crippen LogP contribution < -0.4 is 21.7 Å². The summed E-state index contributed by atoms with van der Waals surface area (Å²) in [5, 5.41) is 0.620. The van der Waals surface area contributed by atoms with E-state index in [-0.39, 0.29) is 11.4 Å². The summed E-state index contributed by atoms with van der Waals surface area (Å²) < 4.78 is 7.58. The number of nitrogens with zero attached hydrogens (tertiary/aromatic N) is 3. The Bertz CT molecular complexity index is 950. The SMILES string of the molecule is CC(C(=O)c1c(N)n(C)c(=O)n(C)c1=O)N(C)CCOc1ccc(Cl)cc1. The molecule has 1 unspecified atom stereocenters. The predicted molar refractivity (Wildman–Crippen MR) is 105 cm³/mol. The number of anilines is 1. The van der Waals surface area contributed by atoms with E-state index in [0.717, 1.165) is 9.13 Å². The molecule has 9 heteroatoms. The first-order valence-corrected chi connectivity index (χ1v) is 8.71. The van der Waals surface area contributed by atoms with Crippen molar-refractivity contribution in [2.45, 2.75) is 13.0 Å². The van der Waals surface area contributed by atoms with Crippen LogP contribution in [0.3, 0.4) is 0 Å². The number of hydrogen-bond acceptors (Lipinski definition) is 6. The molecule has 0 saturated heterocycles. The summed E-state index contributed by atoms with van der Waals surface area (Å²) in [6.45, 7) is 2.46. The Morgan fingerprint density at radius 3 is 2.41 bits per heavy atom. The molecule has 0 bridgehead atoms. The van der Waals surface area contributed by atoms with E-state index in [0.29, 0.717) is 23.9 Å². The number of ether oxygens (including phenoxy) is 1. The van der Waals surface area contributed by atoms with Crippen LogP contribution >= 0.6 is 11.6 Å². The molecule has 0 aliphatic heterocycles. The Kier molecular flexibility index (Phi) is 6.45. The van der Waals surface area contributed by atoms with Gasteiger partial charge in [0.1, 0.15) is 23.7 Å². The third-order valence-electron chi connectivity index (χ3n) is 4.52. The maximum absolute atomic E-state index is 12.8. The first-order valence-electron chi connectivity index (χ1n) is 8.33. The molecule has 1 heterocycles. The minimum Gasteiger partial charge on any atom is -0.492 e. The average Bonchev–Trinajstić information content (AvgIpc) is 2.65. The summed E-state index contributed by atoms with van der Waals surface area (Å²) >= 11 is 5.83. The molecule has 0 amide bonds. The molecule has 0 aliphatic carbocycles.